The van der Waals surface area contributed by atoms with Crippen molar-refractivity contribution in [2.75, 3.05) is 33.0 Å². The van der Waals surface area contributed by atoms with Gasteiger partial charge in [-0.1, -0.05) is 6.07 Å². The molecule has 6 heterocycles. The lowest BCUT2D eigenvalue weighted by atomic mass is 9.75. The number of nitrogens with one attached hydrogen (secondary N) is 2. The molecule has 7 nitrogen and oxygen atoms in total. The SMILES string of the molecule is O=C(C1CCNN1)N1C[C@H](c2ccc3c(c2)OCO3)[C@H]2[C@@H]1C1CCN2CC1. The number of hydrazine groups is 1. The van der Waals surface area contributed by atoms with Gasteiger partial charge in [-0.15, -0.1) is 0 Å². The van der Waals surface area contributed by atoms with Gasteiger partial charge in [0, 0.05) is 25.0 Å². The van der Waals surface area contributed by atoms with Crippen LogP contribution in [0.25, 0.3) is 0 Å². The van der Waals surface area contributed by atoms with Gasteiger partial charge in [-0.05, 0) is 56.0 Å². The smallest absolute Gasteiger partial charge is 0.241 e. The van der Waals surface area contributed by atoms with E-state index in [4.69, 9.17) is 9.47 Å². The summed E-state index contributed by atoms with van der Waals surface area (Å²) in [5.74, 6) is 2.91. The molecule has 6 aliphatic rings. The first-order valence-corrected chi connectivity index (χ1v) is 10.2. The monoisotopic (exact) mass is 370 g/mol. The molecule has 5 fully saturated rings. The summed E-state index contributed by atoms with van der Waals surface area (Å²) >= 11 is 0. The van der Waals surface area contributed by atoms with Gasteiger partial charge in [0.15, 0.2) is 11.5 Å². The zero-order chi connectivity index (χ0) is 18.0. The van der Waals surface area contributed by atoms with E-state index in [-0.39, 0.29) is 11.9 Å². The topological polar surface area (TPSA) is 66.1 Å². The molecule has 1 unspecified atom stereocenters. The van der Waals surface area contributed by atoms with Gasteiger partial charge in [0.2, 0.25) is 12.7 Å². The van der Waals surface area contributed by atoms with Crippen LogP contribution >= 0.6 is 0 Å². The number of carbonyl (C=O) groups is 1. The van der Waals surface area contributed by atoms with Gasteiger partial charge in [-0.2, -0.15) is 0 Å². The molecule has 1 aromatic rings. The van der Waals surface area contributed by atoms with Crippen LogP contribution in [0.1, 0.15) is 30.7 Å². The fraction of sp³-hybridized carbons (Fsp3) is 0.650. The first kappa shape index (κ1) is 16.2. The Morgan fingerprint density at radius 1 is 1.07 bits per heavy atom. The molecule has 7 rings (SSSR count). The molecule has 0 radical (unpaired) electrons. The Balaban J connectivity index is 1.35. The fourth-order valence-corrected chi connectivity index (χ4v) is 5.98. The van der Waals surface area contributed by atoms with Gasteiger partial charge in [0.25, 0.3) is 0 Å². The Morgan fingerprint density at radius 2 is 1.93 bits per heavy atom. The van der Waals surface area contributed by atoms with Crippen LogP contribution in [0.15, 0.2) is 18.2 Å². The Morgan fingerprint density at radius 3 is 2.74 bits per heavy atom. The van der Waals surface area contributed by atoms with Gasteiger partial charge in [0.05, 0.1) is 6.04 Å². The second kappa shape index (κ2) is 6.09. The highest BCUT2D eigenvalue weighted by molar-refractivity contribution is 5.83. The maximum atomic E-state index is 13.3. The van der Waals surface area contributed by atoms with Gasteiger partial charge >= 0.3 is 0 Å². The van der Waals surface area contributed by atoms with E-state index in [1.54, 1.807) is 0 Å². The predicted molar refractivity (Wildman–Crippen MR) is 98.4 cm³/mol. The molecule has 0 aromatic heterocycles. The van der Waals surface area contributed by atoms with Crippen LogP contribution in [0, 0.1) is 5.92 Å². The van der Waals surface area contributed by atoms with Crippen LogP contribution in [0.2, 0.25) is 0 Å². The number of fused-ring (bicyclic) bond motifs is 3. The zero-order valence-electron chi connectivity index (χ0n) is 15.4. The molecule has 2 bridgehead atoms. The van der Waals surface area contributed by atoms with Gasteiger partial charge in [-0.3, -0.25) is 15.1 Å². The summed E-state index contributed by atoms with van der Waals surface area (Å²) in [6, 6.07) is 7.01. The molecule has 6 aliphatic heterocycles. The lowest BCUT2D eigenvalue weighted by molar-refractivity contribution is -0.138. The second-order valence-electron chi connectivity index (χ2n) is 8.48. The maximum Gasteiger partial charge on any atom is 0.241 e. The van der Waals surface area contributed by atoms with Crippen LogP contribution in [-0.4, -0.2) is 66.8 Å². The summed E-state index contributed by atoms with van der Waals surface area (Å²) < 4.78 is 11.1. The van der Waals surface area contributed by atoms with Crippen LogP contribution in [-0.2, 0) is 4.79 Å². The van der Waals surface area contributed by atoms with Crippen molar-refractivity contribution in [3.8, 4) is 11.5 Å². The number of ether oxygens (including phenoxy) is 2. The molecule has 0 saturated carbocycles. The lowest BCUT2D eigenvalue weighted by Crippen LogP contribution is -2.62. The number of benzene rings is 1. The Bertz CT molecular complexity index is 758. The fourth-order valence-electron chi connectivity index (χ4n) is 5.98. The van der Waals surface area contributed by atoms with Crippen molar-refractivity contribution < 1.29 is 14.3 Å². The van der Waals surface area contributed by atoms with E-state index < -0.39 is 0 Å². The molecule has 0 spiro atoms. The number of piperidine rings is 3. The highest BCUT2D eigenvalue weighted by Crippen LogP contribution is 2.48. The molecule has 2 N–H and O–H groups in total. The van der Waals surface area contributed by atoms with Crippen molar-refractivity contribution in [3.63, 3.8) is 0 Å². The lowest BCUT2D eigenvalue weighted by Gasteiger charge is -2.51. The predicted octanol–water partition coefficient (Wildman–Crippen LogP) is 0.670. The highest BCUT2D eigenvalue weighted by atomic mass is 16.7. The molecule has 1 aromatic carbocycles. The minimum Gasteiger partial charge on any atom is -0.454 e. The Hall–Kier alpha value is -1.83. The molecule has 7 heteroatoms. The van der Waals surface area contributed by atoms with E-state index in [2.05, 4.69) is 32.8 Å². The second-order valence-corrected chi connectivity index (χ2v) is 8.48. The zero-order valence-corrected chi connectivity index (χ0v) is 15.4. The van der Waals surface area contributed by atoms with Crippen molar-refractivity contribution in [3.05, 3.63) is 23.8 Å². The van der Waals surface area contributed by atoms with Crippen molar-refractivity contribution >= 4 is 5.91 Å². The van der Waals surface area contributed by atoms with Crippen LogP contribution in [0.4, 0.5) is 0 Å². The highest BCUT2D eigenvalue weighted by Gasteiger charge is 2.55. The Labute approximate surface area is 158 Å². The van der Waals surface area contributed by atoms with Gasteiger partial charge < -0.3 is 14.4 Å². The molecule has 144 valence electrons. The standard InChI is InChI=1S/C20H26N4O3/c25-20(15-3-6-21-22-15)24-10-14(13-1-2-16-17(9-13)27-11-26-16)19-18(24)12-4-7-23(19)8-5-12/h1-2,9,12,14-15,18-19,21-22H,3-8,10-11H2/t14-,15?,18+,19+/m1/s1. The first-order chi connectivity index (χ1) is 13.3. The third kappa shape index (κ3) is 2.41. The number of carbonyl (C=O) groups excluding carboxylic acids is 1. The summed E-state index contributed by atoms with van der Waals surface area (Å²) in [7, 11) is 0. The number of hydrogen-bond acceptors (Lipinski definition) is 6. The van der Waals surface area contributed by atoms with E-state index >= 15 is 0 Å². The van der Waals surface area contributed by atoms with Crippen molar-refractivity contribution in [2.45, 2.75) is 43.3 Å². The minimum absolute atomic E-state index is 0.0865. The van der Waals surface area contributed by atoms with Crippen molar-refractivity contribution in [1.29, 1.82) is 0 Å². The molecular formula is C20H26N4O3. The van der Waals surface area contributed by atoms with Gasteiger partial charge in [0.1, 0.15) is 6.04 Å². The average Bonchev–Trinajstić information content (AvgIpc) is 3.47. The van der Waals surface area contributed by atoms with Crippen LogP contribution in [0.3, 0.4) is 0 Å². The van der Waals surface area contributed by atoms with Crippen molar-refractivity contribution in [1.82, 2.24) is 20.7 Å². The maximum absolute atomic E-state index is 13.3. The molecule has 0 aliphatic carbocycles. The average molecular weight is 370 g/mol. The number of likely N-dealkylation sites (tertiary alicyclic amines) is 1. The van der Waals surface area contributed by atoms with E-state index in [0.29, 0.717) is 30.7 Å². The van der Waals surface area contributed by atoms with Crippen molar-refractivity contribution in [2.24, 2.45) is 5.92 Å². The summed E-state index contributed by atoms with van der Waals surface area (Å²) in [6.45, 7) is 4.30. The quantitative estimate of drug-likeness (QED) is 0.798. The Kier molecular flexibility index (Phi) is 3.64. The summed E-state index contributed by atoms with van der Waals surface area (Å²) in [5.41, 5.74) is 7.56. The number of amides is 1. The minimum atomic E-state index is -0.0865. The largest absolute Gasteiger partial charge is 0.454 e. The van der Waals surface area contributed by atoms with E-state index in [0.717, 1.165) is 44.1 Å². The molecule has 4 atom stereocenters. The summed E-state index contributed by atoms with van der Waals surface area (Å²) in [4.78, 5) is 18.1. The van der Waals surface area contributed by atoms with Crippen LogP contribution in [0.5, 0.6) is 11.5 Å². The third-order valence-corrected chi connectivity index (χ3v) is 7.23. The van der Waals surface area contributed by atoms with E-state index in [1.165, 1.54) is 18.4 Å². The molecule has 5 saturated heterocycles. The normalized spacial score (nSPS) is 39.0. The third-order valence-electron chi connectivity index (χ3n) is 7.23. The van der Waals surface area contributed by atoms with E-state index in [9.17, 15) is 4.79 Å². The number of hydrogen-bond donors (Lipinski definition) is 2. The molecule has 1 amide bonds. The van der Waals surface area contributed by atoms with Gasteiger partial charge in [-0.25, -0.2) is 5.43 Å². The first-order valence-electron chi connectivity index (χ1n) is 10.2. The number of rotatable bonds is 2. The summed E-state index contributed by atoms with van der Waals surface area (Å²) in [6.07, 6.45) is 3.31. The summed E-state index contributed by atoms with van der Waals surface area (Å²) in [5, 5.41) is 0. The molecule has 27 heavy (non-hydrogen) atoms. The number of nitrogens with zero attached hydrogens (tertiary/aromatic N) is 2. The molecular weight excluding hydrogens is 344 g/mol. The van der Waals surface area contributed by atoms with E-state index in [1.807, 2.05) is 6.07 Å². The van der Waals surface area contributed by atoms with Crippen LogP contribution < -0.4 is 20.3 Å².